The van der Waals surface area contributed by atoms with Crippen molar-refractivity contribution < 1.29 is 18.3 Å². The Balaban J connectivity index is 2.36. The lowest BCUT2D eigenvalue weighted by Crippen LogP contribution is -2.49. The maximum Gasteiger partial charge on any atom is 0.322 e. The Kier molecular flexibility index (Phi) is 5.00. The number of hydrogen-bond donors (Lipinski definition) is 1. The van der Waals surface area contributed by atoms with Gasteiger partial charge >= 0.3 is 5.97 Å². The lowest BCUT2D eigenvalue weighted by Gasteiger charge is -2.35. The topological polar surface area (TPSA) is 87.6 Å². The summed E-state index contributed by atoms with van der Waals surface area (Å²) in [7, 11) is -3.85. The standard InChI is InChI=1S/C13H17BrN2O4S/c1-2-9-3-4-16(12(5-9)13(17)18)21(19,20)11-6-10(14)7-15-8-11/h6-9,12H,2-5H2,1H3,(H,17,18). The molecule has 1 N–H and O–H groups in total. The SMILES string of the molecule is CCC1CCN(S(=O)(=O)c2cncc(Br)c2)C(C(=O)O)C1. The van der Waals surface area contributed by atoms with Crippen LogP contribution in [-0.2, 0) is 14.8 Å². The summed E-state index contributed by atoms with van der Waals surface area (Å²) in [6.45, 7) is 2.22. The third-order valence-electron chi connectivity index (χ3n) is 3.81. The van der Waals surface area contributed by atoms with E-state index < -0.39 is 22.0 Å². The van der Waals surface area contributed by atoms with Gasteiger partial charge in [0, 0.05) is 23.4 Å². The lowest BCUT2D eigenvalue weighted by molar-refractivity contribution is -0.143. The van der Waals surface area contributed by atoms with Gasteiger partial charge in [0.05, 0.1) is 0 Å². The predicted molar refractivity (Wildman–Crippen MR) is 80.3 cm³/mol. The van der Waals surface area contributed by atoms with E-state index in [1.54, 1.807) is 0 Å². The van der Waals surface area contributed by atoms with Crippen LogP contribution in [0.4, 0.5) is 0 Å². The molecule has 0 bridgehead atoms. The Bertz CT molecular complexity index is 635. The van der Waals surface area contributed by atoms with E-state index in [9.17, 15) is 18.3 Å². The lowest BCUT2D eigenvalue weighted by atomic mass is 9.90. The minimum atomic E-state index is -3.85. The highest BCUT2D eigenvalue weighted by Gasteiger charge is 2.40. The largest absolute Gasteiger partial charge is 0.480 e. The van der Waals surface area contributed by atoms with Crippen molar-refractivity contribution in [2.24, 2.45) is 5.92 Å². The first kappa shape index (κ1) is 16.4. The van der Waals surface area contributed by atoms with E-state index in [0.717, 1.165) is 10.7 Å². The van der Waals surface area contributed by atoms with Crippen molar-refractivity contribution in [1.29, 1.82) is 0 Å². The molecule has 2 atom stereocenters. The van der Waals surface area contributed by atoms with Gasteiger partial charge in [0.25, 0.3) is 0 Å². The first-order chi connectivity index (χ1) is 9.86. The van der Waals surface area contributed by atoms with Crippen LogP contribution in [0.3, 0.4) is 0 Å². The second-order valence-electron chi connectivity index (χ2n) is 5.11. The third-order valence-corrected chi connectivity index (χ3v) is 6.12. The summed E-state index contributed by atoms with van der Waals surface area (Å²) in [4.78, 5) is 15.3. The molecule has 2 rings (SSSR count). The summed E-state index contributed by atoms with van der Waals surface area (Å²) in [5.74, 6) is -0.849. The molecule has 0 amide bonds. The number of halogens is 1. The molecule has 0 aliphatic carbocycles. The van der Waals surface area contributed by atoms with E-state index in [2.05, 4.69) is 20.9 Å². The average Bonchev–Trinajstić information content (AvgIpc) is 2.46. The Labute approximate surface area is 132 Å². The molecular weight excluding hydrogens is 360 g/mol. The van der Waals surface area contributed by atoms with Gasteiger partial charge in [0.2, 0.25) is 10.0 Å². The summed E-state index contributed by atoms with van der Waals surface area (Å²) in [5, 5.41) is 9.36. The predicted octanol–water partition coefficient (Wildman–Crippen LogP) is 2.11. The van der Waals surface area contributed by atoms with Gasteiger partial charge in [0.15, 0.2) is 0 Å². The molecule has 2 unspecified atom stereocenters. The number of nitrogens with zero attached hydrogens (tertiary/aromatic N) is 2. The number of rotatable bonds is 4. The van der Waals surface area contributed by atoms with Crippen LogP contribution < -0.4 is 0 Å². The van der Waals surface area contributed by atoms with Crippen LogP contribution >= 0.6 is 15.9 Å². The van der Waals surface area contributed by atoms with Crippen molar-refractivity contribution >= 4 is 31.9 Å². The van der Waals surface area contributed by atoms with Crippen LogP contribution in [0, 0.1) is 5.92 Å². The van der Waals surface area contributed by atoms with E-state index in [4.69, 9.17) is 0 Å². The number of hydrogen-bond acceptors (Lipinski definition) is 4. The van der Waals surface area contributed by atoms with Crippen LogP contribution in [0.15, 0.2) is 27.8 Å². The second kappa shape index (κ2) is 6.41. The molecule has 1 saturated heterocycles. The van der Waals surface area contributed by atoms with Gasteiger partial charge in [-0.05, 0) is 40.8 Å². The molecule has 0 saturated carbocycles. The number of aromatic nitrogens is 1. The smallest absolute Gasteiger partial charge is 0.322 e. The zero-order valence-electron chi connectivity index (χ0n) is 11.6. The Morgan fingerprint density at radius 3 is 2.81 bits per heavy atom. The fraction of sp³-hybridized carbons (Fsp3) is 0.538. The number of aliphatic carboxylic acids is 1. The van der Waals surface area contributed by atoms with Gasteiger partial charge in [0.1, 0.15) is 10.9 Å². The van der Waals surface area contributed by atoms with Gasteiger partial charge in [-0.3, -0.25) is 9.78 Å². The molecule has 1 aliphatic heterocycles. The van der Waals surface area contributed by atoms with Crippen molar-refractivity contribution in [3.8, 4) is 0 Å². The van der Waals surface area contributed by atoms with Crippen molar-refractivity contribution in [3.05, 3.63) is 22.9 Å². The maximum absolute atomic E-state index is 12.7. The van der Waals surface area contributed by atoms with Gasteiger partial charge in [-0.2, -0.15) is 4.31 Å². The summed E-state index contributed by atoms with van der Waals surface area (Å²) >= 11 is 3.18. The third kappa shape index (κ3) is 3.44. The molecule has 1 aliphatic rings. The van der Waals surface area contributed by atoms with Crippen molar-refractivity contribution in [1.82, 2.24) is 9.29 Å². The van der Waals surface area contributed by atoms with Crippen molar-refractivity contribution in [2.75, 3.05) is 6.54 Å². The minimum Gasteiger partial charge on any atom is -0.480 e. The first-order valence-electron chi connectivity index (χ1n) is 6.71. The maximum atomic E-state index is 12.7. The minimum absolute atomic E-state index is 0.0121. The number of carboxylic acids is 1. The number of carboxylic acid groups (broad SMARTS) is 1. The summed E-state index contributed by atoms with van der Waals surface area (Å²) in [6, 6.07) is 0.431. The normalized spacial score (nSPS) is 23.9. The molecule has 116 valence electrons. The van der Waals surface area contributed by atoms with E-state index >= 15 is 0 Å². The number of pyridine rings is 1. The Hall–Kier alpha value is -0.990. The van der Waals surface area contributed by atoms with Gasteiger partial charge in [-0.25, -0.2) is 8.42 Å². The highest BCUT2D eigenvalue weighted by atomic mass is 79.9. The number of sulfonamides is 1. The van der Waals surface area contributed by atoms with Crippen LogP contribution in [0.25, 0.3) is 0 Å². The summed E-state index contributed by atoms with van der Waals surface area (Å²) in [6.07, 6.45) is 4.62. The molecule has 0 spiro atoms. The molecule has 0 aromatic carbocycles. The molecule has 6 nitrogen and oxygen atoms in total. The molecule has 2 heterocycles. The van der Waals surface area contributed by atoms with Crippen LogP contribution in [0.2, 0.25) is 0 Å². The molecule has 1 aromatic heterocycles. The summed E-state index contributed by atoms with van der Waals surface area (Å²) in [5.41, 5.74) is 0. The highest BCUT2D eigenvalue weighted by Crippen LogP contribution is 2.30. The van der Waals surface area contributed by atoms with Gasteiger partial charge in [-0.1, -0.05) is 13.3 Å². The molecule has 1 fully saturated rings. The van der Waals surface area contributed by atoms with Crippen LogP contribution in [0.5, 0.6) is 0 Å². The van der Waals surface area contributed by atoms with Crippen molar-refractivity contribution in [3.63, 3.8) is 0 Å². The zero-order chi connectivity index (χ0) is 15.6. The average molecular weight is 377 g/mol. The highest BCUT2D eigenvalue weighted by molar-refractivity contribution is 9.10. The van der Waals surface area contributed by atoms with Gasteiger partial charge < -0.3 is 5.11 Å². The number of piperidine rings is 1. The van der Waals surface area contributed by atoms with E-state index in [0.29, 0.717) is 17.3 Å². The van der Waals surface area contributed by atoms with E-state index in [1.165, 1.54) is 18.5 Å². The second-order valence-corrected chi connectivity index (χ2v) is 7.91. The molecular formula is C13H17BrN2O4S. The molecule has 1 aromatic rings. The Morgan fingerprint density at radius 2 is 2.24 bits per heavy atom. The molecule has 8 heteroatoms. The number of carbonyl (C=O) groups is 1. The fourth-order valence-corrected chi connectivity index (χ4v) is 4.68. The van der Waals surface area contributed by atoms with Crippen LogP contribution in [-0.4, -0.2) is 41.4 Å². The first-order valence-corrected chi connectivity index (χ1v) is 8.94. The monoisotopic (exact) mass is 376 g/mol. The van der Waals surface area contributed by atoms with E-state index in [-0.39, 0.29) is 17.4 Å². The quantitative estimate of drug-likeness (QED) is 0.869. The Morgan fingerprint density at radius 1 is 1.52 bits per heavy atom. The van der Waals surface area contributed by atoms with E-state index in [1.807, 2.05) is 6.92 Å². The zero-order valence-corrected chi connectivity index (χ0v) is 14.0. The van der Waals surface area contributed by atoms with Crippen molar-refractivity contribution in [2.45, 2.75) is 37.1 Å². The molecule has 0 radical (unpaired) electrons. The van der Waals surface area contributed by atoms with Gasteiger partial charge in [-0.15, -0.1) is 0 Å². The fourth-order valence-electron chi connectivity index (χ4n) is 2.57. The molecule has 21 heavy (non-hydrogen) atoms. The van der Waals surface area contributed by atoms with Crippen LogP contribution in [0.1, 0.15) is 26.2 Å². The summed E-state index contributed by atoms with van der Waals surface area (Å²) < 4.78 is 26.9.